The Labute approximate surface area is 84.4 Å². The highest BCUT2D eigenvalue weighted by Crippen LogP contribution is 2.36. The minimum absolute atomic E-state index is 0.522. The first-order valence-electron chi connectivity index (χ1n) is 5.42. The minimum Gasteiger partial charge on any atom is -0.294 e. The number of nitrogens with zero attached hydrogens (tertiary/aromatic N) is 1. The van der Waals surface area contributed by atoms with Gasteiger partial charge in [0.05, 0.1) is 12.6 Å². The molecule has 0 saturated carbocycles. The third kappa shape index (κ3) is 1.26. The Hall–Kier alpha value is -0.860. The summed E-state index contributed by atoms with van der Waals surface area (Å²) in [6.07, 6.45) is 3.86. The minimum atomic E-state index is 0.522. The summed E-state index contributed by atoms with van der Waals surface area (Å²) in [4.78, 5) is 5.74. The second kappa shape index (κ2) is 3.37. The van der Waals surface area contributed by atoms with Crippen LogP contribution in [0.15, 0.2) is 24.3 Å². The summed E-state index contributed by atoms with van der Waals surface area (Å²) >= 11 is 0. The topological polar surface area (TPSA) is 12.5 Å². The van der Waals surface area contributed by atoms with Gasteiger partial charge < -0.3 is 0 Å². The van der Waals surface area contributed by atoms with Crippen molar-refractivity contribution in [1.82, 2.24) is 5.06 Å². The fourth-order valence-electron chi connectivity index (χ4n) is 2.51. The molecule has 1 unspecified atom stereocenters. The van der Waals surface area contributed by atoms with Crippen LogP contribution in [-0.4, -0.2) is 11.6 Å². The monoisotopic (exact) mass is 189 g/mol. The van der Waals surface area contributed by atoms with Gasteiger partial charge in [-0.15, -0.1) is 0 Å². The van der Waals surface area contributed by atoms with Crippen molar-refractivity contribution in [3.05, 3.63) is 35.4 Å². The van der Waals surface area contributed by atoms with Gasteiger partial charge in [-0.05, 0) is 24.0 Å². The Morgan fingerprint density at radius 2 is 2.14 bits per heavy atom. The molecule has 0 aliphatic carbocycles. The van der Waals surface area contributed by atoms with Gasteiger partial charge in [0.25, 0.3) is 0 Å². The van der Waals surface area contributed by atoms with E-state index in [0.29, 0.717) is 6.04 Å². The zero-order valence-electron chi connectivity index (χ0n) is 8.28. The smallest absolute Gasteiger partial charge is 0.0939 e. The first kappa shape index (κ1) is 8.45. The summed E-state index contributed by atoms with van der Waals surface area (Å²) in [5, 5.41) is 2.17. The number of hydrogen-bond donors (Lipinski definition) is 0. The molecule has 1 fully saturated rings. The second-order valence-electron chi connectivity index (χ2n) is 4.12. The van der Waals surface area contributed by atoms with Crippen molar-refractivity contribution in [2.75, 3.05) is 6.54 Å². The van der Waals surface area contributed by atoms with Gasteiger partial charge in [0.2, 0.25) is 0 Å². The second-order valence-corrected chi connectivity index (χ2v) is 4.12. The maximum absolute atomic E-state index is 5.74. The molecule has 0 radical (unpaired) electrons. The van der Waals surface area contributed by atoms with E-state index in [1.165, 1.54) is 30.4 Å². The normalized spacial score (nSPS) is 26.7. The van der Waals surface area contributed by atoms with Crippen molar-refractivity contribution in [1.29, 1.82) is 0 Å². The molecule has 0 amide bonds. The van der Waals surface area contributed by atoms with Gasteiger partial charge in [-0.2, -0.15) is 5.06 Å². The quantitative estimate of drug-likeness (QED) is 0.622. The Kier molecular flexibility index (Phi) is 2.03. The summed E-state index contributed by atoms with van der Waals surface area (Å²) in [6.45, 7) is 1.85. The number of piperidine rings is 1. The third-order valence-corrected chi connectivity index (χ3v) is 3.25. The number of benzene rings is 1. The first-order chi connectivity index (χ1) is 6.95. The lowest BCUT2D eigenvalue weighted by Crippen LogP contribution is -2.37. The molecule has 2 aliphatic heterocycles. The van der Waals surface area contributed by atoms with E-state index in [1.807, 2.05) is 0 Å². The molecule has 2 heteroatoms. The molecule has 0 N–H and O–H groups in total. The van der Waals surface area contributed by atoms with Crippen LogP contribution in [0.4, 0.5) is 0 Å². The Morgan fingerprint density at radius 1 is 1.21 bits per heavy atom. The van der Waals surface area contributed by atoms with E-state index in [0.717, 1.165) is 13.2 Å². The molecule has 3 rings (SSSR count). The predicted octanol–water partition coefficient (Wildman–Crippen LogP) is 2.66. The van der Waals surface area contributed by atoms with Gasteiger partial charge in [-0.1, -0.05) is 30.7 Å². The van der Waals surface area contributed by atoms with E-state index in [1.54, 1.807) is 0 Å². The lowest BCUT2D eigenvalue weighted by Gasteiger charge is -2.39. The summed E-state index contributed by atoms with van der Waals surface area (Å²) in [5.74, 6) is 0. The lowest BCUT2D eigenvalue weighted by molar-refractivity contribution is -0.220. The van der Waals surface area contributed by atoms with Gasteiger partial charge >= 0.3 is 0 Å². The van der Waals surface area contributed by atoms with Crippen molar-refractivity contribution >= 4 is 0 Å². The summed E-state index contributed by atoms with van der Waals surface area (Å²) < 4.78 is 0. The van der Waals surface area contributed by atoms with E-state index in [9.17, 15) is 0 Å². The zero-order chi connectivity index (χ0) is 9.38. The molecule has 2 aliphatic rings. The van der Waals surface area contributed by atoms with E-state index in [2.05, 4.69) is 29.3 Å². The average molecular weight is 189 g/mol. The fraction of sp³-hybridized carbons (Fsp3) is 0.500. The van der Waals surface area contributed by atoms with Crippen LogP contribution in [0.2, 0.25) is 0 Å². The van der Waals surface area contributed by atoms with E-state index in [4.69, 9.17) is 4.84 Å². The van der Waals surface area contributed by atoms with Crippen LogP contribution in [0.1, 0.15) is 36.4 Å². The van der Waals surface area contributed by atoms with Crippen molar-refractivity contribution in [2.45, 2.75) is 31.9 Å². The van der Waals surface area contributed by atoms with Crippen molar-refractivity contribution in [3.8, 4) is 0 Å². The maximum atomic E-state index is 5.74. The molecule has 14 heavy (non-hydrogen) atoms. The highest BCUT2D eigenvalue weighted by atomic mass is 16.7. The van der Waals surface area contributed by atoms with Crippen molar-refractivity contribution < 1.29 is 4.84 Å². The van der Waals surface area contributed by atoms with Gasteiger partial charge in [-0.3, -0.25) is 4.84 Å². The molecule has 1 saturated heterocycles. The zero-order valence-corrected chi connectivity index (χ0v) is 8.28. The lowest BCUT2D eigenvalue weighted by atomic mass is 9.92. The van der Waals surface area contributed by atoms with Crippen LogP contribution >= 0.6 is 0 Å². The van der Waals surface area contributed by atoms with Crippen LogP contribution in [0.3, 0.4) is 0 Å². The van der Waals surface area contributed by atoms with Gasteiger partial charge in [0.1, 0.15) is 0 Å². The molecule has 2 heterocycles. The maximum Gasteiger partial charge on any atom is 0.0939 e. The van der Waals surface area contributed by atoms with Gasteiger partial charge in [0.15, 0.2) is 0 Å². The molecule has 0 aromatic heterocycles. The number of hydroxylamine groups is 2. The van der Waals surface area contributed by atoms with E-state index >= 15 is 0 Å². The molecule has 1 atom stereocenters. The van der Waals surface area contributed by atoms with E-state index < -0.39 is 0 Å². The fourth-order valence-corrected chi connectivity index (χ4v) is 2.51. The third-order valence-electron chi connectivity index (χ3n) is 3.25. The van der Waals surface area contributed by atoms with E-state index in [-0.39, 0.29) is 0 Å². The number of rotatable bonds is 0. The molecule has 1 aromatic carbocycles. The standard InChI is InChI=1S/C12H15NO/c1-2-6-11-10(5-1)9-14-13-8-4-3-7-12(11)13/h1-2,5-6,12H,3-4,7-9H2. The van der Waals surface area contributed by atoms with Gasteiger partial charge in [-0.25, -0.2) is 0 Å². The first-order valence-corrected chi connectivity index (χ1v) is 5.42. The summed E-state index contributed by atoms with van der Waals surface area (Å²) in [6, 6.07) is 9.19. The molecule has 1 aromatic rings. The molecule has 0 spiro atoms. The molecule has 2 nitrogen and oxygen atoms in total. The van der Waals surface area contributed by atoms with Crippen LogP contribution in [0.25, 0.3) is 0 Å². The molecule has 0 bridgehead atoms. The highest BCUT2D eigenvalue weighted by Gasteiger charge is 2.29. The SMILES string of the molecule is c1ccc2c(c1)CON1CCCCC21. The molecule has 74 valence electrons. The Balaban J connectivity index is 1.99. The van der Waals surface area contributed by atoms with Crippen LogP contribution in [-0.2, 0) is 11.4 Å². The van der Waals surface area contributed by atoms with Gasteiger partial charge in [0, 0.05) is 6.54 Å². The predicted molar refractivity (Wildman–Crippen MR) is 54.5 cm³/mol. The number of hydrogen-bond acceptors (Lipinski definition) is 2. The van der Waals surface area contributed by atoms with Crippen molar-refractivity contribution in [2.24, 2.45) is 0 Å². The summed E-state index contributed by atoms with van der Waals surface area (Å²) in [7, 11) is 0. The number of fused-ring (bicyclic) bond motifs is 3. The van der Waals surface area contributed by atoms with Crippen LogP contribution in [0.5, 0.6) is 0 Å². The van der Waals surface area contributed by atoms with Crippen molar-refractivity contribution in [3.63, 3.8) is 0 Å². The largest absolute Gasteiger partial charge is 0.294 e. The summed E-state index contributed by atoms with van der Waals surface area (Å²) in [5.41, 5.74) is 2.86. The molecular weight excluding hydrogens is 174 g/mol. The molecular formula is C12H15NO. The Bertz CT molecular complexity index is 337. The van der Waals surface area contributed by atoms with Crippen LogP contribution in [0, 0.1) is 0 Å². The van der Waals surface area contributed by atoms with Crippen LogP contribution < -0.4 is 0 Å². The average Bonchev–Trinajstić information content (AvgIpc) is 2.29. The Morgan fingerprint density at radius 3 is 3.14 bits per heavy atom. The highest BCUT2D eigenvalue weighted by molar-refractivity contribution is 5.30.